The Labute approximate surface area is 170 Å². The minimum atomic E-state index is -0.467. The maximum atomic E-state index is 12.3. The monoisotopic (exact) mass is 388 g/mol. The van der Waals surface area contributed by atoms with E-state index in [1.54, 1.807) is 11.0 Å². The summed E-state index contributed by atoms with van der Waals surface area (Å²) < 4.78 is 11.6. The highest BCUT2D eigenvalue weighted by Gasteiger charge is 2.28. The van der Waals surface area contributed by atoms with Crippen LogP contribution in [-0.4, -0.2) is 49.4 Å². The molecule has 1 amide bonds. The number of hydrogen-bond donors (Lipinski definition) is 0. The van der Waals surface area contributed by atoms with Gasteiger partial charge in [-0.05, 0) is 39.7 Å². The molecule has 1 fully saturated rings. The molecule has 0 spiro atoms. The van der Waals surface area contributed by atoms with Gasteiger partial charge in [-0.2, -0.15) is 0 Å². The molecule has 1 aromatic rings. The molecule has 1 aliphatic rings. The highest BCUT2D eigenvalue weighted by atomic mass is 16.6. The van der Waals surface area contributed by atoms with Crippen LogP contribution in [0.15, 0.2) is 30.9 Å². The van der Waals surface area contributed by atoms with E-state index in [1.165, 1.54) is 16.8 Å². The molecule has 1 atom stereocenters. The molecule has 5 heteroatoms. The molecule has 0 radical (unpaired) electrons. The van der Waals surface area contributed by atoms with E-state index in [0.717, 1.165) is 13.1 Å². The maximum Gasteiger partial charge on any atom is 0.410 e. The number of aryl methyl sites for hydroxylation is 1. The molecule has 0 bridgehead atoms. The molecular weight excluding hydrogens is 352 g/mol. The van der Waals surface area contributed by atoms with E-state index in [-0.39, 0.29) is 12.2 Å². The van der Waals surface area contributed by atoms with E-state index in [9.17, 15) is 4.79 Å². The zero-order valence-corrected chi connectivity index (χ0v) is 18.3. The van der Waals surface area contributed by atoms with Crippen molar-refractivity contribution < 1.29 is 14.3 Å². The number of anilines is 1. The molecule has 1 aromatic carbocycles. The lowest BCUT2D eigenvalue weighted by Crippen LogP contribution is -2.50. The third-order valence-electron chi connectivity index (χ3n) is 4.76. The molecule has 0 N–H and O–H groups in total. The summed E-state index contributed by atoms with van der Waals surface area (Å²) in [6, 6.07) is 6.55. The first-order valence-electron chi connectivity index (χ1n) is 10.2. The van der Waals surface area contributed by atoms with Gasteiger partial charge in [0.2, 0.25) is 0 Å². The third kappa shape index (κ3) is 5.99. The lowest BCUT2D eigenvalue weighted by Gasteiger charge is -2.38. The summed E-state index contributed by atoms with van der Waals surface area (Å²) >= 11 is 0. The van der Waals surface area contributed by atoms with E-state index in [4.69, 9.17) is 9.47 Å². The first kappa shape index (κ1) is 22.3. The van der Waals surface area contributed by atoms with Crippen LogP contribution in [0.1, 0.15) is 51.8 Å². The van der Waals surface area contributed by atoms with E-state index in [0.29, 0.717) is 25.6 Å². The standard InChI is InChI=1S/C23H36N2O3/c1-8-15-27-21(17(2)3)19-16-18(4)9-10-20(19)24-11-13-25(14-12-24)22(26)28-23(5,6)7/h8-10,16-17,21H,1,11-15H2,2-7H3. The van der Waals surface area contributed by atoms with Gasteiger partial charge in [0.1, 0.15) is 5.60 Å². The van der Waals surface area contributed by atoms with Crippen LogP contribution in [0.25, 0.3) is 0 Å². The van der Waals surface area contributed by atoms with Crippen LogP contribution in [0.2, 0.25) is 0 Å². The fourth-order valence-electron chi connectivity index (χ4n) is 3.46. The topological polar surface area (TPSA) is 42.0 Å². The molecule has 1 aliphatic heterocycles. The summed E-state index contributed by atoms with van der Waals surface area (Å²) in [6.07, 6.45) is 1.58. The number of nitrogens with zero attached hydrogens (tertiary/aromatic N) is 2. The van der Waals surface area contributed by atoms with Crippen LogP contribution in [0.5, 0.6) is 0 Å². The van der Waals surface area contributed by atoms with Crippen molar-refractivity contribution in [1.29, 1.82) is 0 Å². The lowest BCUT2D eigenvalue weighted by atomic mass is 9.95. The van der Waals surface area contributed by atoms with Crippen LogP contribution in [0, 0.1) is 12.8 Å². The smallest absolute Gasteiger partial charge is 0.410 e. The number of benzene rings is 1. The van der Waals surface area contributed by atoms with Gasteiger partial charge in [0.05, 0.1) is 12.7 Å². The van der Waals surface area contributed by atoms with Gasteiger partial charge in [0.15, 0.2) is 0 Å². The van der Waals surface area contributed by atoms with Crippen LogP contribution >= 0.6 is 0 Å². The Morgan fingerprint density at radius 2 is 1.86 bits per heavy atom. The van der Waals surface area contributed by atoms with Gasteiger partial charge in [-0.1, -0.05) is 37.6 Å². The molecule has 1 saturated heterocycles. The average Bonchev–Trinajstić information content (AvgIpc) is 2.61. The maximum absolute atomic E-state index is 12.3. The van der Waals surface area contributed by atoms with Gasteiger partial charge in [-0.3, -0.25) is 0 Å². The molecule has 0 aliphatic carbocycles. The number of piperazine rings is 1. The number of carbonyl (C=O) groups is 1. The number of amides is 1. The largest absolute Gasteiger partial charge is 0.444 e. The van der Waals surface area contributed by atoms with Crippen LogP contribution in [0.3, 0.4) is 0 Å². The van der Waals surface area contributed by atoms with Crippen molar-refractivity contribution in [3.63, 3.8) is 0 Å². The highest BCUT2D eigenvalue weighted by molar-refractivity contribution is 5.69. The minimum absolute atomic E-state index is 0.0109. The van der Waals surface area contributed by atoms with Gasteiger partial charge in [0.25, 0.3) is 0 Å². The Morgan fingerprint density at radius 1 is 1.21 bits per heavy atom. The van der Waals surface area contributed by atoms with E-state index < -0.39 is 5.60 Å². The summed E-state index contributed by atoms with van der Waals surface area (Å²) in [4.78, 5) is 16.5. The Bertz CT molecular complexity index is 671. The molecule has 5 nitrogen and oxygen atoms in total. The second-order valence-corrected chi connectivity index (χ2v) is 8.80. The van der Waals surface area contributed by atoms with Crippen LogP contribution in [-0.2, 0) is 9.47 Å². The summed E-state index contributed by atoms with van der Waals surface area (Å²) in [5.74, 6) is 0.351. The van der Waals surface area contributed by atoms with E-state index >= 15 is 0 Å². The fourth-order valence-corrected chi connectivity index (χ4v) is 3.46. The lowest BCUT2D eigenvalue weighted by molar-refractivity contribution is 0.0238. The Kier molecular flexibility index (Phi) is 7.53. The third-order valence-corrected chi connectivity index (χ3v) is 4.76. The Balaban J connectivity index is 2.16. The molecule has 0 saturated carbocycles. The fraction of sp³-hybridized carbons (Fsp3) is 0.609. The summed E-state index contributed by atoms with van der Waals surface area (Å²) in [7, 11) is 0. The van der Waals surface area contributed by atoms with Crippen molar-refractivity contribution >= 4 is 11.8 Å². The quantitative estimate of drug-likeness (QED) is 0.647. The zero-order valence-electron chi connectivity index (χ0n) is 18.3. The average molecular weight is 389 g/mol. The van der Waals surface area contributed by atoms with E-state index in [2.05, 4.69) is 50.4 Å². The normalized spacial score (nSPS) is 16.2. The SMILES string of the molecule is C=CCOC(c1cc(C)ccc1N1CCN(C(=O)OC(C)(C)C)CC1)C(C)C. The van der Waals surface area contributed by atoms with Gasteiger partial charge in [-0.15, -0.1) is 6.58 Å². The van der Waals surface area contributed by atoms with E-state index in [1.807, 2.05) is 20.8 Å². The van der Waals surface area contributed by atoms with Crippen LogP contribution in [0.4, 0.5) is 10.5 Å². The predicted octanol–water partition coefficient (Wildman–Crippen LogP) is 4.95. The summed E-state index contributed by atoms with van der Waals surface area (Å²) in [5.41, 5.74) is 3.16. The van der Waals surface area contributed by atoms with Crippen molar-refractivity contribution in [2.45, 2.75) is 53.2 Å². The van der Waals surface area contributed by atoms with Crippen molar-refractivity contribution in [2.24, 2.45) is 5.92 Å². The van der Waals surface area contributed by atoms with Gasteiger partial charge >= 0.3 is 6.09 Å². The molecule has 2 rings (SSSR count). The zero-order chi connectivity index (χ0) is 20.9. The molecule has 156 valence electrons. The summed E-state index contributed by atoms with van der Waals surface area (Å²) in [5, 5.41) is 0. The number of ether oxygens (including phenoxy) is 2. The molecule has 28 heavy (non-hydrogen) atoms. The van der Waals surface area contributed by atoms with Gasteiger partial charge in [-0.25, -0.2) is 4.79 Å². The summed E-state index contributed by atoms with van der Waals surface area (Å²) in [6.45, 7) is 19.3. The number of hydrogen-bond acceptors (Lipinski definition) is 4. The van der Waals surface area contributed by atoms with Crippen LogP contribution < -0.4 is 4.90 Å². The van der Waals surface area contributed by atoms with Gasteiger partial charge in [0, 0.05) is 37.4 Å². The molecule has 0 aromatic heterocycles. The molecular formula is C23H36N2O3. The van der Waals surface area contributed by atoms with Crippen molar-refractivity contribution in [2.75, 3.05) is 37.7 Å². The second kappa shape index (κ2) is 9.46. The van der Waals surface area contributed by atoms with Crippen molar-refractivity contribution in [3.8, 4) is 0 Å². The predicted molar refractivity (Wildman–Crippen MR) is 115 cm³/mol. The number of carbonyl (C=O) groups excluding carboxylic acids is 1. The Morgan fingerprint density at radius 3 is 2.39 bits per heavy atom. The highest BCUT2D eigenvalue weighted by Crippen LogP contribution is 2.35. The van der Waals surface area contributed by atoms with Crippen molar-refractivity contribution in [1.82, 2.24) is 4.90 Å². The van der Waals surface area contributed by atoms with Crippen molar-refractivity contribution in [3.05, 3.63) is 42.0 Å². The minimum Gasteiger partial charge on any atom is -0.444 e. The molecule has 1 unspecified atom stereocenters. The first-order valence-corrected chi connectivity index (χ1v) is 10.2. The Hall–Kier alpha value is -2.01. The second-order valence-electron chi connectivity index (χ2n) is 8.80. The first-order chi connectivity index (χ1) is 13.1. The number of rotatable bonds is 6. The van der Waals surface area contributed by atoms with Gasteiger partial charge < -0.3 is 19.3 Å². The molecule has 1 heterocycles.